The second-order valence-corrected chi connectivity index (χ2v) is 6.73. The molecule has 0 saturated carbocycles. The molecule has 0 heterocycles. The Balaban J connectivity index is 1.71. The van der Waals surface area contributed by atoms with Crippen molar-refractivity contribution in [3.05, 3.63) is 87.7 Å². The van der Waals surface area contributed by atoms with Crippen molar-refractivity contribution in [1.29, 1.82) is 0 Å². The van der Waals surface area contributed by atoms with E-state index >= 15 is 0 Å². The molecule has 140 valence electrons. The molecule has 3 nitrogen and oxygen atoms in total. The molecule has 0 aromatic heterocycles. The number of methoxy groups -OCH3 is 1. The fourth-order valence-electron chi connectivity index (χ4n) is 2.57. The van der Waals surface area contributed by atoms with Gasteiger partial charge in [0, 0.05) is 17.3 Å². The molecule has 3 rings (SSSR count). The molecular weight excluding hydrogens is 388 g/mol. The third-order valence-corrected chi connectivity index (χ3v) is 4.44. The number of ether oxygens (including phenoxy) is 2. The van der Waals surface area contributed by atoms with Gasteiger partial charge >= 0.3 is 0 Å². The first-order valence-electron chi connectivity index (χ1n) is 8.28. The fourth-order valence-corrected chi connectivity index (χ4v) is 2.98. The summed E-state index contributed by atoms with van der Waals surface area (Å²) >= 11 is 12.3. The smallest absolute Gasteiger partial charge is 0.180 e. The maximum Gasteiger partial charge on any atom is 0.180 e. The molecule has 0 aliphatic heterocycles. The van der Waals surface area contributed by atoms with Crippen molar-refractivity contribution in [2.75, 3.05) is 12.4 Å². The van der Waals surface area contributed by atoms with E-state index in [1.165, 1.54) is 12.1 Å². The number of nitrogens with one attached hydrogen (secondary N) is 1. The topological polar surface area (TPSA) is 30.5 Å². The standard InChI is InChI=1S/C21H18Cl2FNO2/c1-26-20-11-15(12-25-18-7-5-16(22)6-8-18)10-19(23)21(20)27-13-14-3-2-4-17(24)9-14/h2-11,25H,12-13H2,1H3. The number of hydrogen-bond acceptors (Lipinski definition) is 3. The molecule has 27 heavy (non-hydrogen) atoms. The van der Waals surface area contributed by atoms with Gasteiger partial charge in [-0.15, -0.1) is 0 Å². The van der Waals surface area contributed by atoms with Gasteiger partial charge in [0.1, 0.15) is 12.4 Å². The third kappa shape index (κ3) is 5.28. The van der Waals surface area contributed by atoms with E-state index in [4.69, 9.17) is 32.7 Å². The van der Waals surface area contributed by atoms with Crippen LogP contribution in [0.15, 0.2) is 60.7 Å². The summed E-state index contributed by atoms with van der Waals surface area (Å²) in [5.41, 5.74) is 2.59. The van der Waals surface area contributed by atoms with Crippen LogP contribution in [-0.2, 0) is 13.2 Å². The zero-order valence-electron chi connectivity index (χ0n) is 14.6. The highest BCUT2D eigenvalue weighted by molar-refractivity contribution is 6.32. The van der Waals surface area contributed by atoms with E-state index in [9.17, 15) is 4.39 Å². The van der Waals surface area contributed by atoms with Gasteiger partial charge in [0.15, 0.2) is 11.5 Å². The Morgan fingerprint density at radius 2 is 1.74 bits per heavy atom. The Labute approximate surface area is 167 Å². The van der Waals surface area contributed by atoms with Crippen molar-refractivity contribution in [1.82, 2.24) is 0 Å². The first-order valence-corrected chi connectivity index (χ1v) is 9.04. The van der Waals surface area contributed by atoms with Crippen LogP contribution in [0.1, 0.15) is 11.1 Å². The average Bonchev–Trinajstić information content (AvgIpc) is 2.66. The average molecular weight is 406 g/mol. The van der Waals surface area contributed by atoms with Crippen molar-refractivity contribution in [2.45, 2.75) is 13.2 Å². The van der Waals surface area contributed by atoms with Gasteiger partial charge in [0.25, 0.3) is 0 Å². The van der Waals surface area contributed by atoms with Gasteiger partial charge in [0.2, 0.25) is 0 Å². The van der Waals surface area contributed by atoms with Gasteiger partial charge < -0.3 is 14.8 Å². The first kappa shape index (κ1) is 19.3. The van der Waals surface area contributed by atoms with Crippen LogP contribution >= 0.6 is 23.2 Å². The summed E-state index contributed by atoms with van der Waals surface area (Å²) in [5.74, 6) is 0.642. The van der Waals surface area contributed by atoms with E-state index in [0.717, 1.165) is 11.3 Å². The largest absolute Gasteiger partial charge is 0.493 e. The second-order valence-electron chi connectivity index (χ2n) is 5.89. The minimum atomic E-state index is -0.308. The van der Waals surface area contributed by atoms with Crippen LogP contribution in [0.4, 0.5) is 10.1 Å². The highest BCUT2D eigenvalue weighted by Gasteiger charge is 2.13. The van der Waals surface area contributed by atoms with Crippen molar-refractivity contribution in [3.63, 3.8) is 0 Å². The van der Waals surface area contributed by atoms with Crippen LogP contribution in [0.3, 0.4) is 0 Å². The Morgan fingerprint density at radius 1 is 0.963 bits per heavy atom. The lowest BCUT2D eigenvalue weighted by Crippen LogP contribution is -2.02. The quantitative estimate of drug-likeness (QED) is 0.497. The molecule has 1 N–H and O–H groups in total. The Bertz CT molecular complexity index is 917. The predicted molar refractivity (Wildman–Crippen MR) is 108 cm³/mol. The Kier molecular flexibility index (Phi) is 6.43. The molecule has 0 bridgehead atoms. The van der Waals surface area contributed by atoms with Gasteiger partial charge in [-0.2, -0.15) is 0 Å². The summed E-state index contributed by atoms with van der Waals surface area (Å²) in [6.45, 7) is 0.748. The molecule has 0 radical (unpaired) electrons. The summed E-state index contributed by atoms with van der Waals surface area (Å²) < 4.78 is 24.5. The molecule has 0 atom stereocenters. The molecule has 0 saturated heterocycles. The fraction of sp³-hybridized carbons (Fsp3) is 0.143. The van der Waals surface area contributed by atoms with Crippen LogP contribution < -0.4 is 14.8 Å². The van der Waals surface area contributed by atoms with E-state index in [-0.39, 0.29) is 12.4 Å². The van der Waals surface area contributed by atoms with Crippen molar-refractivity contribution in [2.24, 2.45) is 0 Å². The summed E-state index contributed by atoms with van der Waals surface area (Å²) in [5, 5.41) is 4.41. The number of anilines is 1. The van der Waals surface area contributed by atoms with Crippen LogP contribution in [0.2, 0.25) is 10.0 Å². The molecule has 3 aromatic rings. The minimum Gasteiger partial charge on any atom is -0.493 e. The monoisotopic (exact) mass is 405 g/mol. The molecule has 0 aliphatic carbocycles. The minimum absolute atomic E-state index is 0.191. The normalized spacial score (nSPS) is 10.5. The lowest BCUT2D eigenvalue weighted by atomic mass is 10.2. The highest BCUT2D eigenvalue weighted by atomic mass is 35.5. The predicted octanol–water partition coefficient (Wildman–Crippen LogP) is 6.33. The number of hydrogen-bond donors (Lipinski definition) is 1. The van der Waals surface area contributed by atoms with E-state index < -0.39 is 0 Å². The lowest BCUT2D eigenvalue weighted by molar-refractivity contribution is 0.284. The molecule has 0 spiro atoms. The van der Waals surface area contributed by atoms with Crippen LogP contribution in [0.25, 0.3) is 0 Å². The van der Waals surface area contributed by atoms with Gasteiger partial charge in [-0.05, 0) is 59.7 Å². The van der Waals surface area contributed by atoms with E-state index in [2.05, 4.69) is 5.32 Å². The third-order valence-electron chi connectivity index (χ3n) is 3.90. The molecule has 6 heteroatoms. The maximum atomic E-state index is 13.3. The van der Waals surface area contributed by atoms with E-state index in [1.807, 2.05) is 36.4 Å². The molecule has 0 fully saturated rings. The highest BCUT2D eigenvalue weighted by Crippen LogP contribution is 2.37. The number of halogens is 3. The summed E-state index contributed by atoms with van der Waals surface area (Å²) in [4.78, 5) is 0. The van der Waals surface area contributed by atoms with E-state index in [0.29, 0.717) is 33.7 Å². The van der Waals surface area contributed by atoms with Gasteiger partial charge in [0.05, 0.1) is 12.1 Å². The Hall–Kier alpha value is -2.43. The van der Waals surface area contributed by atoms with Crippen LogP contribution in [0, 0.1) is 5.82 Å². The van der Waals surface area contributed by atoms with Crippen molar-refractivity contribution < 1.29 is 13.9 Å². The van der Waals surface area contributed by atoms with Gasteiger partial charge in [-0.3, -0.25) is 0 Å². The summed E-state index contributed by atoms with van der Waals surface area (Å²) in [7, 11) is 1.55. The maximum absolute atomic E-state index is 13.3. The molecule has 3 aromatic carbocycles. The lowest BCUT2D eigenvalue weighted by Gasteiger charge is -2.15. The summed E-state index contributed by atoms with van der Waals surface area (Å²) in [6, 6.07) is 17.3. The van der Waals surface area contributed by atoms with Crippen molar-refractivity contribution >= 4 is 28.9 Å². The zero-order chi connectivity index (χ0) is 19.2. The molecule has 0 unspecified atom stereocenters. The van der Waals surface area contributed by atoms with Gasteiger partial charge in [-0.1, -0.05) is 35.3 Å². The van der Waals surface area contributed by atoms with Crippen LogP contribution in [-0.4, -0.2) is 7.11 Å². The number of rotatable bonds is 7. The number of benzene rings is 3. The van der Waals surface area contributed by atoms with Gasteiger partial charge in [-0.25, -0.2) is 4.39 Å². The first-order chi connectivity index (χ1) is 13.0. The molecular formula is C21H18Cl2FNO2. The Morgan fingerprint density at radius 3 is 2.44 bits per heavy atom. The molecule has 0 aliphatic rings. The zero-order valence-corrected chi connectivity index (χ0v) is 16.1. The molecule has 0 amide bonds. The SMILES string of the molecule is COc1cc(CNc2ccc(Cl)cc2)cc(Cl)c1OCc1cccc(F)c1. The summed E-state index contributed by atoms with van der Waals surface area (Å²) in [6.07, 6.45) is 0. The second kappa shape index (κ2) is 8.98. The van der Waals surface area contributed by atoms with E-state index in [1.54, 1.807) is 19.2 Å². The van der Waals surface area contributed by atoms with Crippen LogP contribution in [0.5, 0.6) is 11.5 Å². The van der Waals surface area contributed by atoms with Crippen molar-refractivity contribution in [3.8, 4) is 11.5 Å².